The maximum Gasteiger partial charge on any atom is 0.0917 e. The zero-order valence-electron chi connectivity index (χ0n) is 21.8. The molecule has 0 saturated carbocycles. The summed E-state index contributed by atoms with van der Waals surface area (Å²) in [6.45, 7) is 9.34. The number of hydrogen-bond donors (Lipinski definition) is 1. The van der Waals surface area contributed by atoms with Crippen LogP contribution in [-0.4, -0.2) is 11.0 Å². The summed E-state index contributed by atoms with van der Waals surface area (Å²) >= 11 is 0. The zero-order valence-corrected chi connectivity index (χ0v) is 21.8. The Balaban J connectivity index is 0. The van der Waals surface area contributed by atoms with Gasteiger partial charge in [0.1, 0.15) is 0 Å². The van der Waals surface area contributed by atoms with Crippen molar-refractivity contribution in [2.24, 2.45) is 5.92 Å². The summed E-state index contributed by atoms with van der Waals surface area (Å²) in [5, 5.41) is 0. The molecule has 0 atom stereocenters. The van der Waals surface area contributed by atoms with Gasteiger partial charge in [-0.2, -0.15) is 0 Å². The van der Waals surface area contributed by atoms with E-state index >= 15 is 0 Å². The molecule has 0 radical (unpaired) electrons. The molecule has 0 bridgehead atoms. The minimum Gasteiger partial charge on any atom is -0.870 e. The Bertz CT molecular complexity index is 286. The van der Waals surface area contributed by atoms with Crippen LogP contribution in [0.25, 0.3) is 0 Å². The Kier molecular flexibility index (Phi) is 25.2. The van der Waals surface area contributed by atoms with E-state index in [0.29, 0.717) is 0 Å². The number of quaternary nitrogens is 1. The number of rotatable bonds is 23. The highest BCUT2D eigenvalue weighted by molar-refractivity contribution is 4.76. The van der Waals surface area contributed by atoms with Crippen LogP contribution in [0.4, 0.5) is 0 Å². The second kappa shape index (κ2) is 23.6. The molecule has 2 heteroatoms. The molecule has 0 amide bonds. The van der Waals surface area contributed by atoms with Crippen molar-refractivity contribution in [2.45, 2.75) is 174 Å². The Morgan fingerprint density at radius 3 is 0.933 bits per heavy atom. The van der Waals surface area contributed by atoms with Crippen LogP contribution in [0.2, 0.25) is 0 Å². The zero-order chi connectivity index (χ0) is 21.6. The summed E-state index contributed by atoms with van der Waals surface area (Å²) < 4.78 is 0. The van der Waals surface area contributed by atoms with Gasteiger partial charge in [-0.3, -0.25) is 0 Å². The van der Waals surface area contributed by atoms with Crippen molar-refractivity contribution >= 4 is 0 Å². The predicted molar refractivity (Wildman–Crippen MR) is 135 cm³/mol. The average Bonchev–Trinajstić information content (AvgIpc) is 2.68. The molecule has 0 heterocycles. The molecular weight excluding hydrogens is 366 g/mol. The molecular formula is C28H61NO. The molecule has 0 aliphatic heterocycles. The van der Waals surface area contributed by atoms with Crippen LogP contribution in [-0.2, 0) is 0 Å². The van der Waals surface area contributed by atoms with Crippen molar-refractivity contribution < 1.29 is 11.2 Å². The van der Waals surface area contributed by atoms with E-state index in [4.69, 9.17) is 0 Å². The third kappa shape index (κ3) is 22.6. The smallest absolute Gasteiger partial charge is 0.0917 e. The molecule has 0 rings (SSSR count). The summed E-state index contributed by atoms with van der Waals surface area (Å²) in [6, 6.07) is 0. The first-order chi connectivity index (χ1) is 14.0. The van der Waals surface area contributed by atoms with E-state index < -0.39 is 0 Å². The Morgan fingerprint density at radius 2 is 0.700 bits per heavy atom. The molecule has 0 fully saturated rings. The normalized spacial score (nSPS) is 11.8. The molecule has 0 saturated heterocycles. The molecule has 0 spiro atoms. The van der Waals surface area contributed by atoms with Crippen molar-refractivity contribution in [3.05, 3.63) is 0 Å². The van der Waals surface area contributed by atoms with Crippen LogP contribution < -0.4 is 5.73 Å². The maximum atomic E-state index is 4.50. The molecule has 2 nitrogen and oxygen atoms in total. The third-order valence-corrected chi connectivity index (χ3v) is 6.92. The van der Waals surface area contributed by atoms with Crippen LogP contribution >= 0.6 is 0 Å². The van der Waals surface area contributed by atoms with Gasteiger partial charge in [-0.1, -0.05) is 142 Å². The standard InChI is InChI=1S/C28H59N.H2O/c1-5-7-9-11-13-15-17-19-21-23-25-27(28(3,4)29)26-24-22-20-18-16-14-12-10-8-6-2;/h27H,5-26,29H2,1-4H3;1H2. The van der Waals surface area contributed by atoms with E-state index in [2.05, 4.69) is 33.4 Å². The van der Waals surface area contributed by atoms with E-state index in [1.165, 1.54) is 141 Å². The lowest BCUT2D eigenvalue weighted by Crippen LogP contribution is -2.72. The summed E-state index contributed by atoms with van der Waals surface area (Å²) in [7, 11) is 0. The quantitative estimate of drug-likeness (QED) is 0.162. The number of hydrogen-bond acceptors (Lipinski definition) is 1. The Morgan fingerprint density at radius 1 is 0.467 bits per heavy atom. The minimum atomic E-state index is 0. The van der Waals surface area contributed by atoms with Crippen molar-refractivity contribution in [1.29, 1.82) is 0 Å². The highest BCUT2D eigenvalue weighted by Crippen LogP contribution is 2.26. The molecule has 0 aromatic rings. The number of unbranched alkanes of at least 4 members (excludes halogenated alkanes) is 18. The van der Waals surface area contributed by atoms with E-state index in [0.717, 1.165) is 5.92 Å². The van der Waals surface area contributed by atoms with Crippen molar-refractivity contribution in [3.8, 4) is 0 Å². The lowest BCUT2D eigenvalue weighted by atomic mass is 9.80. The lowest BCUT2D eigenvalue weighted by molar-refractivity contribution is -0.481. The Hall–Kier alpha value is -0.0800. The maximum absolute atomic E-state index is 4.50. The molecule has 0 aromatic carbocycles. The highest BCUT2D eigenvalue weighted by Gasteiger charge is 2.27. The van der Waals surface area contributed by atoms with Gasteiger partial charge in [0, 0.05) is 5.92 Å². The van der Waals surface area contributed by atoms with Gasteiger partial charge < -0.3 is 11.2 Å². The predicted octanol–water partition coefficient (Wildman–Crippen LogP) is 9.07. The van der Waals surface area contributed by atoms with Gasteiger partial charge in [-0.05, 0) is 26.7 Å². The summed E-state index contributed by atoms with van der Waals surface area (Å²) in [5.41, 5.74) is 4.75. The minimum absolute atomic E-state index is 0. The first kappa shape index (κ1) is 32.1. The van der Waals surface area contributed by atoms with Gasteiger partial charge >= 0.3 is 0 Å². The molecule has 0 aliphatic carbocycles. The summed E-state index contributed by atoms with van der Waals surface area (Å²) in [6.07, 6.45) is 31.7. The van der Waals surface area contributed by atoms with Gasteiger partial charge in [0.2, 0.25) is 0 Å². The fraction of sp³-hybridized carbons (Fsp3) is 1.00. The van der Waals surface area contributed by atoms with E-state index in [1.807, 2.05) is 0 Å². The van der Waals surface area contributed by atoms with Crippen LogP contribution in [0.5, 0.6) is 0 Å². The fourth-order valence-electron chi connectivity index (χ4n) is 4.68. The monoisotopic (exact) mass is 427 g/mol. The van der Waals surface area contributed by atoms with Crippen LogP contribution in [0, 0.1) is 5.92 Å². The molecule has 0 unspecified atom stereocenters. The van der Waals surface area contributed by atoms with E-state index in [9.17, 15) is 0 Å². The summed E-state index contributed by atoms with van der Waals surface area (Å²) in [5.74, 6) is 0.825. The summed E-state index contributed by atoms with van der Waals surface area (Å²) in [4.78, 5) is 0. The lowest BCUT2D eigenvalue weighted by Gasteiger charge is -2.27. The molecule has 0 aromatic heterocycles. The van der Waals surface area contributed by atoms with E-state index in [-0.39, 0.29) is 11.0 Å². The van der Waals surface area contributed by atoms with Crippen LogP contribution in [0.3, 0.4) is 0 Å². The fourth-order valence-corrected chi connectivity index (χ4v) is 4.68. The molecule has 30 heavy (non-hydrogen) atoms. The van der Waals surface area contributed by atoms with Crippen LogP contribution in [0.15, 0.2) is 0 Å². The van der Waals surface area contributed by atoms with E-state index in [1.54, 1.807) is 0 Å². The van der Waals surface area contributed by atoms with Gasteiger partial charge in [-0.15, -0.1) is 0 Å². The first-order valence-corrected chi connectivity index (χ1v) is 13.9. The SMILES string of the molecule is CCCCCCCCCCCCC(CCCCCCCCCCCC)C(C)(C)[NH3+].[OH-]. The molecule has 184 valence electrons. The second-order valence-corrected chi connectivity index (χ2v) is 10.6. The topological polar surface area (TPSA) is 57.6 Å². The largest absolute Gasteiger partial charge is 0.870 e. The van der Waals surface area contributed by atoms with Crippen molar-refractivity contribution in [1.82, 2.24) is 0 Å². The highest BCUT2D eigenvalue weighted by atomic mass is 16.0. The molecule has 0 aliphatic rings. The average molecular weight is 428 g/mol. The molecule has 4 N–H and O–H groups in total. The third-order valence-electron chi connectivity index (χ3n) is 6.92. The van der Waals surface area contributed by atoms with Gasteiger partial charge in [0.05, 0.1) is 5.54 Å². The van der Waals surface area contributed by atoms with Gasteiger partial charge in [0.25, 0.3) is 0 Å². The van der Waals surface area contributed by atoms with Crippen molar-refractivity contribution in [2.75, 3.05) is 0 Å². The van der Waals surface area contributed by atoms with Gasteiger partial charge in [0.15, 0.2) is 0 Å². The van der Waals surface area contributed by atoms with Gasteiger partial charge in [-0.25, -0.2) is 0 Å². The second-order valence-electron chi connectivity index (χ2n) is 10.6. The van der Waals surface area contributed by atoms with Crippen molar-refractivity contribution in [3.63, 3.8) is 0 Å². The first-order valence-electron chi connectivity index (χ1n) is 13.9. The van der Waals surface area contributed by atoms with Crippen LogP contribution in [0.1, 0.15) is 169 Å². The Labute approximate surface area is 191 Å².